The van der Waals surface area contributed by atoms with E-state index in [4.69, 9.17) is 4.98 Å². The summed E-state index contributed by atoms with van der Waals surface area (Å²) in [6, 6.07) is 6.24. The van der Waals surface area contributed by atoms with Gasteiger partial charge in [0.2, 0.25) is 0 Å². The van der Waals surface area contributed by atoms with Gasteiger partial charge in [-0.3, -0.25) is 4.98 Å². The van der Waals surface area contributed by atoms with Crippen LogP contribution in [0.5, 0.6) is 0 Å². The molecule has 0 aliphatic carbocycles. The number of nitrogens with zero attached hydrogens (tertiary/aromatic N) is 1. The Morgan fingerprint density at radius 2 is 2.06 bits per heavy atom. The standard InChI is InChI=1S/C14H17BrN2/c1-4-12-9(3)14(16-5-2)11-8-10(15)6-7-13(11)17-12/h6-8H,4-5H2,1-3H3,(H,16,17). The first-order chi connectivity index (χ1) is 8.17. The summed E-state index contributed by atoms with van der Waals surface area (Å²) in [5.74, 6) is 0. The molecule has 0 fully saturated rings. The monoisotopic (exact) mass is 292 g/mol. The van der Waals surface area contributed by atoms with Gasteiger partial charge in [0.05, 0.1) is 5.52 Å². The fraction of sp³-hybridized carbons (Fsp3) is 0.357. The minimum Gasteiger partial charge on any atom is -0.385 e. The Morgan fingerprint density at radius 3 is 2.71 bits per heavy atom. The van der Waals surface area contributed by atoms with Crippen molar-refractivity contribution in [2.45, 2.75) is 27.2 Å². The van der Waals surface area contributed by atoms with E-state index in [9.17, 15) is 0 Å². The minimum atomic E-state index is 0.926. The van der Waals surface area contributed by atoms with Gasteiger partial charge in [0, 0.05) is 27.8 Å². The summed E-state index contributed by atoms with van der Waals surface area (Å²) >= 11 is 3.52. The lowest BCUT2D eigenvalue weighted by molar-refractivity contribution is 1.03. The molecule has 2 rings (SSSR count). The number of rotatable bonds is 3. The second kappa shape index (κ2) is 5.05. The van der Waals surface area contributed by atoms with Crippen molar-refractivity contribution < 1.29 is 0 Å². The Bertz CT molecular complexity index is 549. The molecule has 17 heavy (non-hydrogen) atoms. The number of anilines is 1. The minimum absolute atomic E-state index is 0.926. The third-order valence-corrected chi connectivity index (χ3v) is 3.47. The summed E-state index contributed by atoms with van der Waals surface area (Å²) < 4.78 is 1.09. The smallest absolute Gasteiger partial charge is 0.0727 e. The normalized spacial score (nSPS) is 10.8. The molecule has 3 heteroatoms. The van der Waals surface area contributed by atoms with Crippen LogP contribution in [0.3, 0.4) is 0 Å². The topological polar surface area (TPSA) is 24.9 Å². The fourth-order valence-corrected chi connectivity index (χ4v) is 2.49. The van der Waals surface area contributed by atoms with Crippen molar-refractivity contribution in [3.63, 3.8) is 0 Å². The van der Waals surface area contributed by atoms with Gasteiger partial charge in [-0.05, 0) is 44.0 Å². The average Bonchev–Trinajstić information content (AvgIpc) is 2.33. The van der Waals surface area contributed by atoms with E-state index in [0.29, 0.717) is 0 Å². The summed E-state index contributed by atoms with van der Waals surface area (Å²) in [6.45, 7) is 7.34. The summed E-state index contributed by atoms with van der Waals surface area (Å²) in [4.78, 5) is 4.72. The zero-order valence-corrected chi connectivity index (χ0v) is 12.1. The van der Waals surface area contributed by atoms with Gasteiger partial charge in [0.25, 0.3) is 0 Å². The van der Waals surface area contributed by atoms with Gasteiger partial charge < -0.3 is 5.32 Å². The van der Waals surface area contributed by atoms with E-state index < -0.39 is 0 Å². The zero-order valence-electron chi connectivity index (χ0n) is 10.5. The Balaban J connectivity index is 2.77. The Morgan fingerprint density at radius 1 is 1.29 bits per heavy atom. The van der Waals surface area contributed by atoms with Crippen LogP contribution in [0, 0.1) is 6.92 Å². The largest absolute Gasteiger partial charge is 0.385 e. The van der Waals surface area contributed by atoms with E-state index in [0.717, 1.165) is 23.0 Å². The number of hydrogen-bond donors (Lipinski definition) is 1. The van der Waals surface area contributed by atoms with Crippen molar-refractivity contribution in [1.82, 2.24) is 4.98 Å². The van der Waals surface area contributed by atoms with Crippen LogP contribution in [0.1, 0.15) is 25.1 Å². The van der Waals surface area contributed by atoms with Gasteiger partial charge in [-0.1, -0.05) is 22.9 Å². The van der Waals surface area contributed by atoms with Gasteiger partial charge in [0.1, 0.15) is 0 Å². The lowest BCUT2D eigenvalue weighted by atomic mass is 10.1. The number of fused-ring (bicyclic) bond motifs is 1. The second-order valence-electron chi connectivity index (χ2n) is 4.10. The molecule has 0 bridgehead atoms. The molecule has 0 saturated heterocycles. The molecular weight excluding hydrogens is 276 g/mol. The predicted octanol–water partition coefficient (Wildman–Crippen LogP) is 4.30. The highest BCUT2D eigenvalue weighted by Gasteiger charge is 2.10. The van der Waals surface area contributed by atoms with Crippen molar-refractivity contribution in [3.8, 4) is 0 Å². The van der Waals surface area contributed by atoms with Crippen molar-refractivity contribution in [2.24, 2.45) is 0 Å². The van der Waals surface area contributed by atoms with E-state index in [1.54, 1.807) is 0 Å². The molecule has 0 atom stereocenters. The molecule has 0 saturated carbocycles. The van der Waals surface area contributed by atoms with Crippen LogP contribution in [0.2, 0.25) is 0 Å². The fourth-order valence-electron chi connectivity index (χ4n) is 2.13. The lowest BCUT2D eigenvalue weighted by Crippen LogP contribution is -2.04. The third-order valence-electron chi connectivity index (χ3n) is 2.98. The maximum atomic E-state index is 4.72. The molecule has 2 aromatic rings. The van der Waals surface area contributed by atoms with Crippen LogP contribution >= 0.6 is 15.9 Å². The number of nitrogens with one attached hydrogen (secondary N) is 1. The molecule has 1 aromatic carbocycles. The van der Waals surface area contributed by atoms with Crippen LogP contribution in [0.4, 0.5) is 5.69 Å². The summed E-state index contributed by atoms with van der Waals surface area (Å²) in [5.41, 5.74) is 4.72. The highest BCUT2D eigenvalue weighted by atomic mass is 79.9. The molecule has 1 heterocycles. The highest BCUT2D eigenvalue weighted by molar-refractivity contribution is 9.10. The number of hydrogen-bond acceptors (Lipinski definition) is 2. The predicted molar refractivity (Wildman–Crippen MR) is 77.7 cm³/mol. The molecule has 0 radical (unpaired) electrons. The molecule has 1 aromatic heterocycles. The molecule has 0 aliphatic heterocycles. The highest BCUT2D eigenvalue weighted by Crippen LogP contribution is 2.30. The van der Waals surface area contributed by atoms with Gasteiger partial charge in [-0.2, -0.15) is 0 Å². The first-order valence-corrected chi connectivity index (χ1v) is 6.79. The summed E-state index contributed by atoms with van der Waals surface area (Å²) in [7, 11) is 0. The molecule has 2 nitrogen and oxygen atoms in total. The maximum absolute atomic E-state index is 4.72. The molecule has 90 valence electrons. The van der Waals surface area contributed by atoms with Gasteiger partial charge >= 0.3 is 0 Å². The third kappa shape index (κ3) is 2.29. The van der Waals surface area contributed by atoms with Crippen LogP contribution in [-0.2, 0) is 6.42 Å². The molecule has 0 amide bonds. The van der Waals surface area contributed by atoms with Gasteiger partial charge in [0.15, 0.2) is 0 Å². The van der Waals surface area contributed by atoms with Crippen LogP contribution in [0.15, 0.2) is 22.7 Å². The quantitative estimate of drug-likeness (QED) is 0.912. The zero-order chi connectivity index (χ0) is 12.4. The first-order valence-electron chi connectivity index (χ1n) is 6.00. The van der Waals surface area contributed by atoms with Gasteiger partial charge in [-0.15, -0.1) is 0 Å². The van der Waals surface area contributed by atoms with Crippen LogP contribution in [-0.4, -0.2) is 11.5 Å². The lowest BCUT2D eigenvalue weighted by Gasteiger charge is -2.14. The van der Waals surface area contributed by atoms with E-state index in [-0.39, 0.29) is 0 Å². The average molecular weight is 293 g/mol. The van der Waals surface area contributed by atoms with Crippen LogP contribution < -0.4 is 5.32 Å². The molecule has 0 unspecified atom stereocenters. The number of benzene rings is 1. The SMILES string of the molecule is CCNc1c(C)c(CC)nc2ccc(Br)cc12. The second-order valence-corrected chi connectivity index (χ2v) is 5.02. The van der Waals surface area contributed by atoms with E-state index in [2.05, 4.69) is 54.2 Å². The van der Waals surface area contributed by atoms with Crippen molar-refractivity contribution in [1.29, 1.82) is 0 Å². The number of aryl methyl sites for hydroxylation is 1. The molecule has 0 spiro atoms. The summed E-state index contributed by atoms with van der Waals surface area (Å²) in [6.07, 6.45) is 0.968. The molecular formula is C14H17BrN2. The van der Waals surface area contributed by atoms with E-state index in [1.807, 2.05) is 6.07 Å². The van der Waals surface area contributed by atoms with Crippen LogP contribution in [0.25, 0.3) is 10.9 Å². The van der Waals surface area contributed by atoms with Crippen molar-refractivity contribution in [2.75, 3.05) is 11.9 Å². The van der Waals surface area contributed by atoms with E-state index in [1.165, 1.54) is 22.3 Å². The van der Waals surface area contributed by atoms with Gasteiger partial charge in [-0.25, -0.2) is 0 Å². The number of halogens is 1. The van der Waals surface area contributed by atoms with E-state index >= 15 is 0 Å². The number of aromatic nitrogens is 1. The summed E-state index contributed by atoms with van der Waals surface area (Å²) in [5, 5.41) is 4.65. The maximum Gasteiger partial charge on any atom is 0.0727 e. The number of pyridine rings is 1. The Kier molecular flexibility index (Phi) is 3.67. The molecule has 1 N–H and O–H groups in total. The van der Waals surface area contributed by atoms with Crippen molar-refractivity contribution in [3.05, 3.63) is 33.9 Å². The van der Waals surface area contributed by atoms with Crippen molar-refractivity contribution >= 4 is 32.5 Å². The Hall–Kier alpha value is -1.09. The first kappa shape index (κ1) is 12.4. The molecule has 0 aliphatic rings. The Labute approximate surface area is 111 Å².